The van der Waals surface area contributed by atoms with Crippen molar-refractivity contribution in [3.05, 3.63) is 94.5 Å². The Morgan fingerprint density at radius 3 is 2.48 bits per heavy atom. The van der Waals surface area contributed by atoms with Gasteiger partial charge < -0.3 is 10.2 Å². The number of nitrogens with zero attached hydrogens (tertiary/aromatic N) is 1. The molecule has 0 fully saturated rings. The maximum absolute atomic E-state index is 6.11. The molecule has 0 saturated carbocycles. The summed E-state index contributed by atoms with van der Waals surface area (Å²) in [5.74, 6) is 0. The Hall–Kier alpha value is -2.45. The van der Waals surface area contributed by atoms with Crippen LogP contribution in [0.15, 0.2) is 72.8 Å². The molecule has 0 bridgehead atoms. The fourth-order valence-corrected chi connectivity index (χ4v) is 4.06. The molecule has 23 heavy (non-hydrogen) atoms. The second kappa shape index (κ2) is 4.53. The Morgan fingerprint density at radius 2 is 1.61 bits per heavy atom. The van der Waals surface area contributed by atoms with E-state index in [1.807, 2.05) is 12.1 Å². The molecule has 1 atom stereocenters. The van der Waals surface area contributed by atoms with Crippen LogP contribution < -0.4 is 10.2 Å². The van der Waals surface area contributed by atoms with Crippen LogP contribution in [0, 0.1) is 0 Å². The number of nitrogens with one attached hydrogen (secondary N) is 1. The van der Waals surface area contributed by atoms with Gasteiger partial charge in [-0.15, -0.1) is 0 Å². The number of fused-ring (bicyclic) bond motifs is 5. The van der Waals surface area contributed by atoms with Gasteiger partial charge >= 0.3 is 0 Å². The van der Waals surface area contributed by atoms with Gasteiger partial charge in [0.1, 0.15) is 0 Å². The molecule has 0 spiro atoms. The van der Waals surface area contributed by atoms with Crippen LogP contribution in [0.2, 0.25) is 5.02 Å². The third-order valence-corrected chi connectivity index (χ3v) is 5.16. The smallest absolute Gasteiger partial charge is 0.164 e. The Labute approximate surface area is 140 Å². The number of benzene rings is 3. The van der Waals surface area contributed by atoms with Crippen LogP contribution in [0.4, 0.5) is 11.4 Å². The van der Waals surface area contributed by atoms with Gasteiger partial charge in [0.05, 0.1) is 11.4 Å². The van der Waals surface area contributed by atoms with Gasteiger partial charge in [-0.05, 0) is 29.8 Å². The zero-order valence-electron chi connectivity index (χ0n) is 12.5. The van der Waals surface area contributed by atoms with Crippen molar-refractivity contribution in [1.82, 2.24) is 0 Å². The summed E-state index contributed by atoms with van der Waals surface area (Å²) >= 11 is 6.11. The van der Waals surface area contributed by atoms with Gasteiger partial charge in [0, 0.05) is 22.7 Å². The molecule has 3 heteroatoms. The van der Waals surface area contributed by atoms with Gasteiger partial charge in [0.15, 0.2) is 5.66 Å². The van der Waals surface area contributed by atoms with Crippen molar-refractivity contribution in [3.63, 3.8) is 0 Å². The number of anilines is 2. The number of para-hydroxylation sites is 2. The molecule has 112 valence electrons. The lowest BCUT2D eigenvalue weighted by Gasteiger charge is -2.35. The minimum Gasteiger partial charge on any atom is -0.353 e. The van der Waals surface area contributed by atoms with E-state index in [4.69, 9.17) is 11.6 Å². The molecule has 3 aromatic carbocycles. The Morgan fingerprint density at radius 1 is 0.870 bits per heavy atom. The number of hydrogen-bond donors (Lipinski definition) is 1. The van der Waals surface area contributed by atoms with E-state index >= 15 is 0 Å². The van der Waals surface area contributed by atoms with Crippen molar-refractivity contribution in [2.24, 2.45) is 0 Å². The molecule has 3 aromatic rings. The molecule has 0 amide bonds. The molecule has 2 aliphatic rings. The zero-order chi connectivity index (χ0) is 15.4. The van der Waals surface area contributed by atoms with Crippen molar-refractivity contribution in [1.29, 1.82) is 0 Å². The van der Waals surface area contributed by atoms with Crippen molar-refractivity contribution in [3.8, 4) is 0 Å². The normalized spacial score (nSPS) is 20.7. The molecular formula is C20H15ClN2. The van der Waals surface area contributed by atoms with Crippen LogP contribution in [0.25, 0.3) is 0 Å². The van der Waals surface area contributed by atoms with Gasteiger partial charge in [-0.1, -0.05) is 60.1 Å². The van der Waals surface area contributed by atoms with Crippen molar-refractivity contribution < 1.29 is 0 Å². The Bertz CT molecular complexity index is 904. The molecule has 5 rings (SSSR count). The predicted molar refractivity (Wildman–Crippen MR) is 94.9 cm³/mol. The number of rotatable bonds is 1. The highest BCUT2D eigenvalue weighted by Gasteiger charge is 2.51. The predicted octanol–water partition coefficient (Wildman–Crippen LogP) is 4.99. The van der Waals surface area contributed by atoms with Gasteiger partial charge in [-0.25, -0.2) is 0 Å². The second-order valence-corrected chi connectivity index (χ2v) is 6.54. The van der Waals surface area contributed by atoms with E-state index in [0.29, 0.717) is 0 Å². The van der Waals surface area contributed by atoms with Gasteiger partial charge in [-0.3, -0.25) is 0 Å². The van der Waals surface area contributed by atoms with Crippen LogP contribution in [0.5, 0.6) is 0 Å². The highest BCUT2D eigenvalue weighted by molar-refractivity contribution is 6.30. The van der Waals surface area contributed by atoms with E-state index < -0.39 is 0 Å². The third-order valence-electron chi connectivity index (χ3n) is 4.91. The van der Waals surface area contributed by atoms with Crippen molar-refractivity contribution in [2.45, 2.75) is 12.2 Å². The quantitative estimate of drug-likeness (QED) is 0.680. The van der Waals surface area contributed by atoms with E-state index in [9.17, 15) is 0 Å². The summed E-state index contributed by atoms with van der Waals surface area (Å²) in [5.41, 5.74) is 5.98. The first-order valence-corrected chi connectivity index (χ1v) is 8.16. The van der Waals surface area contributed by atoms with Crippen LogP contribution in [-0.4, -0.2) is 0 Å². The van der Waals surface area contributed by atoms with E-state index in [2.05, 4.69) is 70.9 Å². The lowest BCUT2D eigenvalue weighted by atomic mass is 9.91. The summed E-state index contributed by atoms with van der Waals surface area (Å²) in [6, 6.07) is 25.4. The van der Waals surface area contributed by atoms with Crippen LogP contribution in [0.1, 0.15) is 16.7 Å². The zero-order valence-corrected chi connectivity index (χ0v) is 13.2. The molecule has 2 heterocycles. The molecule has 0 aromatic heterocycles. The average Bonchev–Trinajstić information content (AvgIpc) is 3.08. The third kappa shape index (κ3) is 1.64. The molecule has 0 aliphatic carbocycles. The monoisotopic (exact) mass is 318 g/mol. The highest BCUT2D eigenvalue weighted by Crippen LogP contribution is 2.53. The molecule has 2 aliphatic heterocycles. The molecule has 1 N–H and O–H groups in total. The first kappa shape index (κ1) is 13.0. The maximum atomic E-state index is 6.11. The first-order chi connectivity index (χ1) is 11.3. The maximum Gasteiger partial charge on any atom is 0.164 e. The Kier molecular flexibility index (Phi) is 2.56. The highest BCUT2D eigenvalue weighted by atomic mass is 35.5. The summed E-state index contributed by atoms with van der Waals surface area (Å²) in [4.78, 5) is 2.45. The summed E-state index contributed by atoms with van der Waals surface area (Å²) in [6.07, 6.45) is 0. The lowest BCUT2D eigenvalue weighted by molar-refractivity contribution is 0.605. The van der Waals surface area contributed by atoms with Crippen LogP contribution in [0.3, 0.4) is 0 Å². The molecular weight excluding hydrogens is 304 g/mol. The van der Waals surface area contributed by atoms with Gasteiger partial charge in [-0.2, -0.15) is 0 Å². The number of hydrogen-bond acceptors (Lipinski definition) is 2. The SMILES string of the molecule is Clc1ccc([C@@]23Nc4ccccc4N2Cc2ccccc23)cc1. The summed E-state index contributed by atoms with van der Waals surface area (Å²) in [6.45, 7) is 0.906. The van der Waals surface area contributed by atoms with Crippen molar-refractivity contribution in [2.75, 3.05) is 10.2 Å². The van der Waals surface area contributed by atoms with Gasteiger partial charge in [0.2, 0.25) is 0 Å². The fraction of sp³-hybridized carbons (Fsp3) is 0.100. The summed E-state index contributed by atoms with van der Waals surface area (Å²) < 4.78 is 0. The summed E-state index contributed by atoms with van der Waals surface area (Å²) in [7, 11) is 0. The first-order valence-electron chi connectivity index (χ1n) is 7.78. The topological polar surface area (TPSA) is 15.3 Å². The standard InChI is InChI=1S/C20H15ClN2/c21-16-11-9-15(10-12-16)20-17-6-2-1-5-14(17)13-23(20)19-8-4-3-7-18(19)22-20/h1-12,22H,13H2/t20-/m1/s1. The molecule has 2 nitrogen and oxygen atoms in total. The lowest BCUT2D eigenvalue weighted by Crippen LogP contribution is -2.44. The minimum atomic E-state index is -0.342. The van der Waals surface area contributed by atoms with E-state index in [1.54, 1.807) is 0 Å². The van der Waals surface area contributed by atoms with Gasteiger partial charge in [0.25, 0.3) is 0 Å². The average molecular weight is 319 g/mol. The van der Waals surface area contributed by atoms with Crippen LogP contribution >= 0.6 is 11.6 Å². The molecule has 0 saturated heterocycles. The van der Waals surface area contributed by atoms with E-state index in [0.717, 1.165) is 11.6 Å². The van der Waals surface area contributed by atoms with E-state index in [1.165, 1.54) is 28.1 Å². The second-order valence-electron chi connectivity index (χ2n) is 6.10. The largest absolute Gasteiger partial charge is 0.353 e. The summed E-state index contributed by atoms with van der Waals surface area (Å²) in [5, 5.41) is 4.55. The number of halogens is 1. The van der Waals surface area contributed by atoms with Crippen molar-refractivity contribution >= 4 is 23.0 Å². The van der Waals surface area contributed by atoms with E-state index in [-0.39, 0.29) is 5.66 Å². The fourth-order valence-electron chi connectivity index (χ4n) is 3.93. The molecule has 0 unspecified atom stereocenters. The van der Waals surface area contributed by atoms with Crippen LogP contribution in [-0.2, 0) is 12.2 Å². The molecule has 0 radical (unpaired) electrons. The Balaban J connectivity index is 1.79. The minimum absolute atomic E-state index is 0.342.